The quantitative estimate of drug-likeness (QED) is 0.682. The van der Waals surface area contributed by atoms with Crippen LogP contribution >= 0.6 is 23.2 Å². The second-order valence-corrected chi connectivity index (χ2v) is 6.00. The van der Waals surface area contributed by atoms with Crippen molar-refractivity contribution in [2.75, 3.05) is 5.32 Å². The van der Waals surface area contributed by atoms with E-state index in [-0.39, 0.29) is 5.41 Å². The molecular formula is C15H13Cl2N. The third kappa shape index (κ3) is 1.70. The maximum Gasteiger partial charge on any atom is 0.0440 e. The highest BCUT2D eigenvalue weighted by Crippen LogP contribution is 2.46. The smallest absolute Gasteiger partial charge is 0.0440 e. The first-order valence-corrected chi connectivity index (χ1v) is 6.61. The van der Waals surface area contributed by atoms with E-state index in [0.29, 0.717) is 0 Å². The van der Waals surface area contributed by atoms with Crippen LogP contribution in [0.4, 0.5) is 11.4 Å². The van der Waals surface area contributed by atoms with Crippen molar-refractivity contribution < 1.29 is 0 Å². The van der Waals surface area contributed by atoms with Crippen molar-refractivity contribution in [3.05, 3.63) is 57.6 Å². The Morgan fingerprint density at radius 3 is 1.72 bits per heavy atom. The predicted molar refractivity (Wildman–Crippen MR) is 78.3 cm³/mol. The SMILES string of the molecule is CC1(C)c2ccc(Cl)cc2Nc2cc(Cl)ccc21. The van der Waals surface area contributed by atoms with Crippen molar-refractivity contribution in [2.24, 2.45) is 0 Å². The molecule has 0 bridgehead atoms. The molecule has 0 aliphatic carbocycles. The van der Waals surface area contributed by atoms with Crippen molar-refractivity contribution in [1.29, 1.82) is 0 Å². The second kappa shape index (κ2) is 3.91. The van der Waals surface area contributed by atoms with E-state index in [4.69, 9.17) is 23.2 Å². The lowest BCUT2D eigenvalue weighted by Crippen LogP contribution is -2.25. The number of halogens is 2. The van der Waals surface area contributed by atoms with E-state index >= 15 is 0 Å². The summed E-state index contributed by atoms with van der Waals surface area (Å²) in [6.07, 6.45) is 0. The van der Waals surface area contributed by atoms with Gasteiger partial charge in [-0.3, -0.25) is 0 Å². The summed E-state index contributed by atoms with van der Waals surface area (Å²) in [7, 11) is 0. The minimum absolute atomic E-state index is 0.0505. The topological polar surface area (TPSA) is 12.0 Å². The number of rotatable bonds is 0. The Balaban J connectivity index is 2.25. The standard InChI is InChI=1S/C15H13Cl2N/c1-15(2)11-5-3-9(16)7-13(11)18-14-8-10(17)4-6-12(14)15/h3-8,18H,1-2H3. The molecule has 0 atom stereocenters. The van der Waals surface area contributed by atoms with Gasteiger partial charge in [0.1, 0.15) is 0 Å². The van der Waals surface area contributed by atoms with E-state index in [1.165, 1.54) is 11.1 Å². The highest BCUT2D eigenvalue weighted by Gasteiger charge is 2.32. The summed E-state index contributed by atoms with van der Waals surface area (Å²) in [5.74, 6) is 0. The molecule has 1 N–H and O–H groups in total. The van der Waals surface area contributed by atoms with Gasteiger partial charge in [0.2, 0.25) is 0 Å². The molecule has 1 heterocycles. The molecular weight excluding hydrogens is 265 g/mol. The summed E-state index contributed by atoms with van der Waals surface area (Å²) in [5, 5.41) is 4.89. The number of hydrogen-bond acceptors (Lipinski definition) is 1. The molecule has 1 aliphatic heterocycles. The first-order chi connectivity index (χ1) is 8.48. The molecule has 0 aromatic heterocycles. The molecule has 1 nitrogen and oxygen atoms in total. The van der Waals surface area contributed by atoms with Crippen LogP contribution in [0.1, 0.15) is 25.0 Å². The van der Waals surface area contributed by atoms with Crippen LogP contribution in [0.2, 0.25) is 10.0 Å². The Labute approximate surface area is 117 Å². The van der Waals surface area contributed by atoms with E-state index in [2.05, 4.69) is 31.3 Å². The number of benzene rings is 2. The van der Waals surface area contributed by atoms with Crippen LogP contribution in [0, 0.1) is 0 Å². The molecule has 18 heavy (non-hydrogen) atoms. The molecule has 3 rings (SSSR count). The van der Waals surface area contributed by atoms with Crippen LogP contribution in [-0.4, -0.2) is 0 Å². The van der Waals surface area contributed by atoms with Gasteiger partial charge in [0.25, 0.3) is 0 Å². The second-order valence-electron chi connectivity index (χ2n) is 5.13. The summed E-state index contributed by atoms with van der Waals surface area (Å²) in [4.78, 5) is 0. The average Bonchev–Trinajstić information content (AvgIpc) is 2.27. The zero-order valence-corrected chi connectivity index (χ0v) is 11.7. The van der Waals surface area contributed by atoms with Crippen LogP contribution in [0.5, 0.6) is 0 Å². The van der Waals surface area contributed by atoms with Gasteiger partial charge in [-0.1, -0.05) is 49.2 Å². The van der Waals surface area contributed by atoms with Crippen molar-refractivity contribution in [3.63, 3.8) is 0 Å². The van der Waals surface area contributed by atoms with Gasteiger partial charge in [0, 0.05) is 26.8 Å². The van der Waals surface area contributed by atoms with Crippen molar-refractivity contribution in [1.82, 2.24) is 0 Å². The Hall–Kier alpha value is -1.18. The highest BCUT2D eigenvalue weighted by atomic mass is 35.5. The molecule has 0 radical (unpaired) electrons. The van der Waals surface area contributed by atoms with Crippen molar-refractivity contribution in [3.8, 4) is 0 Å². The maximum absolute atomic E-state index is 6.06. The van der Waals surface area contributed by atoms with E-state index in [9.17, 15) is 0 Å². The van der Waals surface area contributed by atoms with Crippen molar-refractivity contribution in [2.45, 2.75) is 19.3 Å². The van der Waals surface area contributed by atoms with Gasteiger partial charge >= 0.3 is 0 Å². The predicted octanol–water partition coefficient (Wildman–Crippen LogP) is 5.38. The Morgan fingerprint density at radius 1 is 0.833 bits per heavy atom. The Kier molecular flexibility index (Phi) is 2.58. The van der Waals surface area contributed by atoms with Crippen LogP contribution in [0.15, 0.2) is 36.4 Å². The molecule has 2 aromatic carbocycles. The lowest BCUT2D eigenvalue weighted by Gasteiger charge is -2.35. The monoisotopic (exact) mass is 277 g/mol. The largest absolute Gasteiger partial charge is 0.355 e. The van der Waals surface area contributed by atoms with E-state index in [0.717, 1.165) is 21.4 Å². The normalized spacial score (nSPS) is 15.6. The zero-order valence-electron chi connectivity index (χ0n) is 10.2. The molecule has 2 aromatic rings. The van der Waals surface area contributed by atoms with Gasteiger partial charge in [-0.25, -0.2) is 0 Å². The Morgan fingerprint density at radius 2 is 1.28 bits per heavy atom. The third-order valence-electron chi connectivity index (χ3n) is 3.58. The van der Waals surface area contributed by atoms with Crippen molar-refractivity contribution >= 4 is 34.6 Å². The number of fused-ring (bicyclic) bond motifs is 2. The van der Waals surface area contributed by atoms with Gasteiger partial charge in [0.15, 0.2) is 0 Å². The summed E-state index contributed by atoms with van der Waals surface area (Å²) >= 11 is 12.1. The third-order valence-corrected chi connectivity index (χ3v) is 4.05. The maximum atomic E-state index is 6.06. The number of hydrogen-bond donors (Lipinski definition) is 1. The zero-order chi connectivity index (χ0) is 12.9. The molecule has 0 fully saturated rings. The van der Waals surface area contributed by atoms with Gasteiger partial charge in [-0.2, -0.15) is 0 Å². The minimum Gasteiger partial charge on any atom is -0.355 e. The van der Waals surface area contributed by atoms with E-state index in [1.54, 1.807) is 0 Å². The van der Waals surface area contributed by atoms with Crippen LogP contribution in [-0.2, 0) is 5.41 Å². The summed E-state index contributed by atoms with van der Waals surface area (Å²) in [5.41, 5.74) is 4.57. The summed E-state index contributed by atoms with van der Waals surface area (Å²) in [6.45, 7) is 4.43. The molecule has 0 spiro atoms. The van der Waals surface area contributed by atoms with Gasteiger partial charge in [-0.15, -0.1) is 0 Å². The molecule has 3 heteroatoms. The lowest BCUT2D eigenvalue weighted by molar-refractivity contribution is 0.638. The van der Waals surface area contributed by atoms with E-state index in [1.807, 2.05) is 24.3 Å². The fraction of sp³-hybridized carbons (Fsp3) is 0.200. The fourth-order valence-corrected chi connectivity index (χ4v) is 2.96. The summed E-state index contributed by atoms with van der Waals surface area (Å²) in [6, 6.07) is 12.0. The van der Waals surface area contributed by atoms with Crippen LogP contribution < -0.4 is 5.32 Å². The Bertz CT molecular complexity index is 579. The van der Waals surface area contributed by atoms with Crippen LogP contribution in [0.3, 0.4) is 0 Å². The molecule has 0 unspecified atom stereocenters. The van der Waals surface area contributed by atoms with Gasteiger partial charge in [0.05, 0.1) is 0 Å². The first kappa shape index (κ1) is 11.9. The fourth-order valence-electron chi connectivity index (χ4n) is 2.62. The summed E-state index contributed by atoms with van der Waals surface area (Å²) < 4.78 is 0. The molecule has 1 aliphatic rings. The average molecular weight is 278 g/mol. The highest BCUT2D eigenvalue weighted by molar-refractivity contribution is 6.31. The number of nitrogens with one attached hydrogen (secondary N) is 1. The van der Waals surface area contributed by atoms with Gasteiger partial charge < -0.3 is 5.32 Å². The molecule has 0 amide bonds. The van der Waals surface area contributed by atoms with Gasteiger partial charge in [-0.05, 0) is 35.4 Å². The molecule has 92 valence electrons. The number of anilines is 2. The molecule has 0 saturated carbocycles. The lowest BCUT2D eigenvalue weighted by atomic mass is 9.74. The molecule has 0 saturated heterocycles. The van der Waals surface area contributed by atoms with E-state index < -0.39 is 0 Å². The van der Waals surface area contributed by atoms with Crippen LogP contribution in [0.25, 0.3) is 0 Å². The minimum atomic E-state index is -0.0505. The first-order valence-electron chi connectivity index (χ1n) is 5.85.